The van der Waals surface area contributed by atoms with Crippen molar-refractivity contribution in [2.75, 3.05) is 12.4 Å². The summed E-state index contributed by atoms with van der Waals surface area (Å²) in [5.74, 6) is -1.07. The number of anilines is 1. The van der Waals surface area contributed by atoms with Crippen LogP contribution in [0, 0.1) is 5.82 Å². The number of amides is 1. The molecular formula is C22H22ClFN2O4S. The number of nitrogens with one attached hydrogen (secondary N) is 2. The van der Waals surface area contributed by atoms with E-state index in [9.17, 15) is 17.6 Å². The molecule has 0 aliphatic heterocycles. The lowest BCUT2D eigenvalue weighted by Crippen LogP contribution is -2.52. The summed E-state index contributed by atoms with van der Waals surface area (Å²) in [6, 6.07) is 14.3. The predicted octanol–water partition coefficient (Wildman–Crippen LogP) is 4.48. The van der Waals surface area contributed by atoms with E-state index in [-0.39, 0.29) is 10.6 Å². The van der Waals surface area contributed by atoms with Gasteiger partial charge in [0.2, 0.25) is 15.9 Å². The maximum absolute atomic E-state index is 13.5. The monoisotopic (exact) mass is 464 g/mol. The van der Waals surface area contributed by atoms with Crippen LogP contribution in [0.25, 0.3) is 10.8 Å². The molecule has 3 aromatic rings. The van der Waals surface area contributed by atoms with Crippen molar-refractivity contribution in [1.29, 1.82) is 0 Å². The number of halogens is 2. The molecule has 0 spiro atoms. The molecular weight excluding hydrogens is 443 g/mol. The van der Waals surface area contributed by atoms with E-state index >= 15 is 0 Å². The Balaban J connectivity index is 1.81. The summed E-state index contributed by atoms with van der Waals surface area (Å²) in [7, 11) is -2.45. The van der Waals surface area contributed by atoms with Crippen molar-refractivity contribution in [3.8, 4) is 5.75 Å². The topological polar surface area (TPSA) is 84.5 Å². The van der Waals surface area contributed by atoms with E-state index in [0.29, 0.717) is 11.4 Å². The Morgan fingerprint density at radius 1 is 1.10 bits per heavy atom. The van der Waals surface area contributed by atoms with Gasteiger partial charge in [-0.15, -0.1) is 0 Å². The number of benzene rings is 3. The summed E-state index contributed by atoms with van der Waals surface area (Å²) in [6.45, 7) is 2.89. The lowest BCUT2D eigenvalue weighted by molar-refractivity contribution is -0.120. The molecule has 0 saturated heterocycles. The maximum Gasteiger partial charge on any atom is 0.245 e. The van der Waals surface area contributed by atoms with Gasteiger partial charge in [-0.3, -0.25) is 4.79 Å². The SMILES string of the molecule is COc1ccc(NC(=O)C(C)(C)NS(=O)(=O)Cc2cc(F)ccc2Cl)c2ccccc12. The van der Waals surface area contributed by atoms with Crippen molar-refractivity contribution in [3.05, 3.63) is 71.0 Å². The van der Waals surface area contributed by atoms with Gasteiger partial charge in [-0.2, -0.15) is 4.72 Å². The van der Waals surface area contributed by atoms with E-state index in [2.05, 4.69) is 10.0 Å². The molecule has 0 fully saturated rings. The number of methoxy groups -OCH3 is 1. The van der Waals surface area contributed by atoms with E-state index in [4.69, 9.17) is 16.3 Å². The van der Waals surface area contributed by atoms with Crippen molar-refractivity contribution < 1.29 is 22.3 Å². The molecule has 0 saturated carbocycles. The second-order valence-corrected chi connectivity index (χ2v) is 9.67. The van der Waals surface area contributed by atoms with Crippen molar-refractivity contribution in [2.24, 2.45) is 0 Å². The van der Waals surface area contributed by atoms with Crippen molar-refractivity contribution in [1.82, 2.24) is 4.72 Å². The third kappa shape index (κ3) is 5.33. The Hall–Kier alpha value is -2.68. The van der Waals surface area contributed by atoms with Crippen LogP contribution in [0.1, 0.15) is 19.4 Å². The zero-order chi connectivity index (χ0) is 22.8. The van der Waals surface area contributed by atoms with Crippen molar-refractivity contribution in [3.63, 3.8) is 0 Å². The molecule has 6 nitrogen and oxygen atoms in total. The van der Waals surface area contributed by atoms with Crippen LogP contribution in [0.4, 0.5) is 10.1 Å². The Labute approximate surface area is 185 Å². The van der Waals surface area contributed by atoms with Crippen LogP contribution in [0.2, 0.25) is 5.02 Å². The quantitative estimate of drug-likeness (QED) is 0.540. The van der Waals surface area contributed by atoms with Gasteiger partial charge in [-0.25, -0.2) is 12.8 Å². The average molecular weight is 465 g/mol. The highest BCUT2D eigenvalue weighted by atomic mass is 35.5. The fourth-order valence-corrected chi connectivity index (χ4v) is 5.02. The molecule has 2 N–H and O–H groups in total. The molecule has 0 atom stereocenters. The van der Waals surface area contributed by atoms with E-state index in [1.807, 2.05) is 24.3 Å². The fourth-order valence-electron chi connectivity index (χ4n) is 3.17. The second kappa shape index (κ2) is 8.82. The fraction of sp³-hybridized carbons (Fsp3) is 0.227. The Morgan fingerprint density at radius 2 is 1.77 bits per heavy atom. The minimum atomic E-state index is -4.00. The van der Waals surface area contributed by atoms with E-state index in [0.717, 1.165) is 22.9 Å². The lowest BCUT2D eigenvalue weighted by atomic mass is 10.0. The van der Waals surface area contributed by atoms with Gasteiger partial charge < -0.3 is 10.1 Å². The summed E-state index contributed by atoms with van der Waals surface area (Å²) >= 11 is 5.98. The summed E-state index contributed by atoms with van der Waals surface area (Å²) in [4.78, 5) is 12.9. The molecule has 31 heavy (non-hydrogen) atoms. The van der Waals surface area contributed by atoms with Gasteiger partial charge in [-0.05, 0) is 49.7 Å². The van der Waals surface area contributed by atoms with Crippen LogP contribution in [-0.4, -0.2) is 27.0 Å². The van der Waals surface area contributed by atoms with Gasteiger partial charge in [-0.1, -0.05) is 35.9 Å². The average Bonchev–Trinajstić information content (AvgIpc) is 2.70. The second-order valence-electron chi connectivity index (χ2n) is 7.54. The van der Waals surface area contributed by atoms with Crippen LogP contribution >= 0.6 is 11.6 Å². The first-order chi connectivity index (χ1) is 14.5. The summed E-state index contributed by atoms with van der Waals surface area (Å²) in [5.41, 5.74) is -0.868. The lowest BCUT2D eigenvalue weighted by Gasteiger charge is -2.25. The normalized spacial score (nSPS) is 12.0. The molecule has 0 radical (unpaired) electrons. The van der Waals surface area contributed by atoms with Gasteiger partial charge in [0, 0.05) is 21.5 Å². The maximum atomic E-state index is 13.5. The number of hydrogen-bond acceptors (Lipinski definition) is 4. The molecule has 0 unspecified atom stereocenters. The van der Waals surface area contributed by atoms with Gasteiger partial charge in [0.15, 0.2) is 0 Å². The van der Waals surface area contributed by atoms with Gasteiger partial charge in [0.05, 0.1) is 12.9 Å². The molecule has 3 rings (SSSR count). The highest BCUT2D eigenvalue weighted by Crippen LogP contribution is 2.32. The van der Waals surface area contributed by atoms with Gasteiger partial charge >= 0.3 is 0 Å². The van der Waals surface area contributed by atoms with Crippen LogP contribution in [-0.2, 0) is 20.6 Å². The first-order valence-corrected chi connectivity index (χ1v) is 11.4. The Morgan fingerprint density at radius 3 is 2.45 bits per heavy atom. The number of carbonyl (C=O) groups is 1. The molecule has 3 aromatic carbocycles. The van der Waals surface area contributed by atoms with E-state index in [1.165, 1.54) is 19.9 Å². The Bertz CT molecular complexity index is 1250. The van der Waals surface area contributed by atoms with E-state index in [1.54, 1.807) is 19.2 Å². The summed E-state index contributed by atoms with van der Waals surface area (Å²) in [6.07, 6.45) is 0. The Kier molecular flexibility index (Phi) is 6.54. The third-order valence-corrected chi connectivity index (χ3v) is 6.56. The molecule has 1 amide bonds. The number of rotatable bonds is 7. The van der Waals surface area contributed by atoms with Crippen molar-refractivity contribution in [2.45, 2.75) is 25.1 Å². The zero-order valence-corrected chi connectivity index (χ0v) is 18.8. The van der Waals surface area contributed by atoms with Crippen LogP contribution in [0.15, 0.2) is 54.6 Å². The molecule has 9 heteroatoms. The molecule has 0 aliphatic carbocycles. The number of fused-ring (bicyclic) bond motifs is 1. The molecule has 0 aliphatic rings. The largest absolute Gasteiger partial charge is 0.496 e. The molecule has 164 valence electrons. The third-order valence-electron chi connectivity index (χ3n) is 4.68. The number of hydrogen-bond donors (Lipinski definition) is 2. The first-order valence-electron chi connectivity index (χ1n) is 9.35. The van der Waals surface area contributed by atoms with Crippen LogP contribution < -0.4 is 14.8 Å². The van der Waals surface area contributed by atoms with Gasteiger partial charge in [0.25, 0.3) is 0 Å². The summed E-state index contributed by atoms with van der Waals surface area (Å²) in [5, 5.41) is 4.46. The minimum Gasteiger partial charge on any atom is -0.496 e. The first kappa shape index (κ1) is 23.0. The number of sulfonamides is 1. The number of carbonyl (C=O) groups excluding carboxylic acids is 1. The van der Waals surface area contributed by atoms with Crippen LogP contribution in [0.3, 0.4) is 0 Å². The minimum absolute atomic E-state index is 0.103. The van der Waals surface area contributed by atoms with Crippen LogP contribution in [0.5, 0.6) is 5.75 Å². The molecule has 0 aromatic heterocycles. The van der Waals surface area contributed by atoms with Gasteiger partial charge in [0.1, 0.15) is 17.1 Å². The molecule has 0 heterocycles. The highest BCUT2D eigenvalue weighted by molar-refractivity contribution is 7.88. The zero-order valence-electron chi connectivity index (χ0n) is 17.2. The summed E-state index contributed by atoms with van der Waals surface area (Å²) < 4.78 is 46.5. The number of ether oxygens (including phenoxy) is 1. The highest BCUT2D eigenvalue weighted by Gasteiger charge is 2.33. The standard InChI is InChI=1S/C22H22ClFN2O4S/c1-22(2,26-31(28,29)13-14-12-15(24)8-9-18(14)23)21(27)25-19-10-11-20(30-3)17-7-5-4-6-16(17)19/h4-12,26H,13H2,1-3H3,(H,25,27). The molecule has 0 bridgehead atoms. The van der Waals surface area contributed by atoms with E-state index < -0.39 is 33.0 Å². The smallest absolute Gasteiger partial charge is 0.245 e. The predicted molar refractivity (Wildman–Crippen MR) is 120 cm³/mol. The van der Waals surface area contributed by atoms with Crippen molar-refractivity contribution >= 4 is 44.0 Å².